The van der Waals surface area contributed by atoms with Crippen LogP contribution in [0, 0.1) is 11.8 Å². The Hall–Kier alpha value is -0.300. The fraction of sp³-hybridized carbons (Fsp3) is 0.833. The number of allylic oxidation sites excluding steroid dienone is 2. The van der Waals surface area contributed by atoms with Gasteiger partial charge in [-0.1, -0.05) is 25.0 Å². The van der Waals surface area contributed by atoms with E-state index in [4.69, 9.17) is 0 Å². The summed E-state index contributed by atoms with van der Waals surface area (Å²) in [6.07, 6.45) is 13.2. The van der Waals surface area contributed by atoms with E-state index in [1.54, 1.807) is 0 Å². The Bertz CT molecular complexity index is 178. The summed E-state index contributed by atoms with van der Waals surface area (Å²) in [7, 11) is 0. The predicted octanol–water partition coefficient (Wildman–Crippen LogP) is 2.89. The Morgan fingerprint density at radius 3 is 2.46 bits per heavy atom. The summed E-state index contributed by atoms with van der Waals surface area (Å²) in [6.45, 7) is 0. The molecule has 0 aromatic heterocycles. The minimum atomic E-state index is 0.00866. The van der Waals surface area contributed by atoms with Gasteiger partial charge in [-0.25, -0.2) is 0 Å². The van der Waals surface area contributed by atoms with E-state index in [0.717, 1.165) is 12.3 Å². The van der Waals surface area contributed by atoms with Crippen LogP contribution in [0.2, 0.25) is 0 Å². The molecule has 0 saturated heterocycles. The number of rotatable bonds is 2. The van der Waals surface area contributed by atoms with Gasteiger partial charge in [-0.2, -0.15) is 0 Å². The van der Waals surface area contributed by atoms with E-state index < -0.39 is 0 Å². The topological polar surface area (TPSA) is 20.2 Å². The van der Waals surface area contributed by atoms with Crippen molar-refractivity contribution in [2.24, 2.45) is 11.8 Å². The molecule has 0 bridgehead atoms. The van der Waals surface area contributed by atoms with Gasteiger partial charge < -0.3 is 5.11 Å². The monoisotopic (exact) mass is 180 g/mol. The van der Waals surface area contributed by atoms with Gasteiger partial charge >= 0.3 is 0 Å². The van der Waals surface area contributed by atoms with Gasteiger partial charge in [-0.3, -0.25) is 0 Å². The molecule has 0 unspecified atom stereocenters. The first-order valence-corrected chi connectivity index (χ1v) is 5.69. The highest BCUT2D eigenvalue weighted by atomic mass is 16.3. The summed E-state index contributed by atoms with van der Waals surface area (Å²) in [4.78, 5) is 0. The van der Waals surface area contributed by atoms with Crippen LogP contribution in [0.5, 0.6) is 0 Å². The third-order valence-corrected chi connectivity index (χ3v) is 3.61. The summed E-state index contributed by atoms with van der Waals surface area (Å²) in [5, 5.41) is 9.81. The fourth-order valence-electron chi connectivity index (χ4n) is 2.76. The van der Waals surface area contributed by atoms with Crippen LogP contribution in [0.1, 0.15) is 44.9 Å². The van der Waals surface area contributed by atoms with E-state index in [-0.39, 0.29) is 6.10 Å². The van der Waals surface area contributed by atoms with Gasteiger partial charge in [0, 0.05) is 0 Å². The maximum atomic E-state index is 9.81. The largest absolute Gasteiger partial charge is 0.393 e. The Labute approximate surface area is 80.8 Å². The number of hydrogen-bond donors (Lipinski definition) is 1. The molecule has 0 aromatic rings. The molecule has 0 radical (unpaired) electrons. The molecule has 2 rings (SSSR count). The minimum absolute atomic E-state index is 0.00866. The second kappa shape index (κ2) is 4.28. The Morgan fingerprint density at radius 2 is 1.77 bits per heavy atom. The van der Waals surface area contributed by atoms with Crippen LogP contribution in [0.15, 0.2) is 12.2 Å². The molecule has 2 aliphatic rings. The van der Waals surface area contributed by atoms with E-state index in [1.165, 1.54) is 38.5 Å². The van der Waals surface area contributed by atoms with Gasteiger partial charge in [0.2, 0.25) is 0 Å². The quantitative estimate of drug-likeness (QED) is 0.648. The number of aliphatic hydroxyl groups is 1. The molecule has 1 nitrogen and oxygen atoms in total. The van der Waals surface area contributed by atoms with Crippen LogP contribution in [-0.2, 0) is 0 Å². The van der Waals surface area contributed by atoms with Crippen molar-refractivity contribution in [1.29, 1.82) is 0 Å². The van der Waals surface area contributed by atoms with Crippen molar-refractivity contribution >= 4 is 0 Å². The van der Waals surface area contributed by atoms with Gasteiger partial charge in [0.15, 0.2) is 0 Å². The van der Waals surface area contributed by atoms with Gasteiger partial charge in [0.25, 0.3) is 0 Å². The highest BCUT2D eigenvalue weighted by molar-refractivity contribution is 4.95. The third-order valence-electron chi connectivity index (χ3n) is 3.61. The van der Waals surface area contributed by atoms with Gasteiger partial charge in [0.1, 0.15) is 0 Å². The van der Waals surface area contributed by atoms with E-state index >= 15 is 0 Å². The minimum Gasteiger partial charge on any atom is -0.393 e. The number of hydrogen-bond acceptors (Lipinski definition) is 1. The molecule has 0 amide bonds. The van der Waals surface area contributed by atoms with Crippen LogP contribution in [-0.4, -0.2) is 11.2 Å². The first kappa shape index (κ1) is 9.26. The molecule has 1 heteroatoms. The van der Waals surface area contributed by atoms with Crippen LogP contribution >= 0.6 is 0 Å². The van der Waals surface area contributed by atoms with Crippen molar-refractivity contribution in [3.8, 4) is 0 Å². The van der Waals surface area contributed by atoms with Crippen molar-refractivity contribution in [3.05, 3.63) is 12.2 Å². The van der Waals surface area contributed by atoms with Gasteiger partial charge in [-0.05, 0) is 43.9 Å². The van der Waals surface area contributed by atoms with E-state index in [2.05, 4.69) is 12.2 Å². The lowest BCUT2D eigenvalue weighted by atomic mass is 9.80. The Kier molecular flexibility index (Phi) is 3.05. The Morgan fingerprint density at radius 1 is 1.08 bits per heavy atom. The zero-order valence-corrected chi connectivity index (χ0v) is 8.28. The Balaban J connectivity index is 1.78. The molecule has 2 atom stereocenters. The van der Waals surface area contributed by atoms with Crippen LogP contribution in [0.25, 0.3) is 0 Å². The summed E-state index contributed by atoms with van der Waals surface area (Å²) < 4.78 is 0. The van der Waals surface area contributed by atoms with Gasteiger partial charge in [-0.15, -0.1) is 0 Å². The lowest BCUT2D eigenvalue weighted by Gasteiger charge is -2.29. The molecule has 1 saturated carbocycles. The normalized spacial score (nSPS) is 35.5. The molecule has 1 fully saturated rings. The lowest BCUT2D eigenvalue weighted by Crippen LogP contribution is -2.26. The molecule has 13 heavy (non-hydrogen) atoms. The molecule has 0 heterocycles. The maximum absolute atomic E-state index is 9.81. The van der Waals surface area contributed by atoms with Crippen LogP contribution in [0.3, 0.4) is 0 Å². The first-order valence-electron chi connectivity index (χ1n) is 5.69. The molecular formula is C12H20O. The molecule has 0 aliphatic heterocycles. The number of aliphatic hydroxyl groups excluding tert-OH is 1. The second-order valence-electron chi connectivity index (χ2n) is 4.66. The third kappa shape index (κ3) is 2.34. The summed E-state index contributed by atoms with van der Waals surface area (Å²) in [6, 6.07) is 0. The molecule has 0 aromatic carbocycles. The SMILES string of the molecule is O[C@@H]1CCCC[C@H]1CC1CC=CC1. The van der Waals surface area contributed by atoms with Crippen molar-refractivity contribution < 1.29 is 5.11 Å². The smallest absolute Gasteiger partial charge is 0.0568 e. The first-order chi connectivity index (χ1) is 6.36. The van der Waals surface area contributed by atoms with Crippen molar-refractivity contribution in [3.63, 3.8) is 0 Å². The summed E-state index contributed by atoms with van der Waals surface area (Å²) in [5.41, 5.74) is 0. The second-order valence-corrected chi connectivity index (χ2v) is 4.66. The summed E-state index contributed by atoms with van der Waals surface area (Å²) in [5.74, 6) is 1.45. The average molecular weight is 180 g/mol. The van der Waals surface area contributed by atoms with Crippen molar-refractivity contribution in [2.75, 3.05) is 0 Å². The van der Waals surface area contributed by atoms with E-state index in [9.17, 15) is 5.11 Å². The standard InChI is InChI=1S/C12H20O/c13-12-8-4-3-7-11(12)9-10-5-1-2-6-10/h1-2,10-13H,3-9H2/t11-,12+/m0/s1. The van der Waals surface area contributed by atoms with Crippen LogP contribution < -0.4 is 0 Å². The molecular weight excluding hydrogens is 160 g/mol. The lowest BCUT2D eigenvalue weighted by molar-refractivity contribution is 0.0569. The zero-order chi connectivity index (χ0) is 9.10. The molecule has 2 aliphatic carbocycles. The van der Waals surface area contributed by atoms with Crippen LogP contribution in [0.4, 0.5) is 0 Å². The van der Waals surface area contributed by atoms with Crippen molar-refractivity contribution in [2.45, 2.75) is 51.0 Å². The maximum Gasteiger partial charge on any atom is 0.0568 e. The average Bonchev–Trinajstić information content (AvgIpc) is 2.61. The molecule has 1 N–H and O–H groups in total. The summed E-state index contributed by atoms with van der Waals surface area (Å²) >= 11 is 0. The van der Waals surface area contributed by atoms with E-state index in [0.29, 0.717) is 5.92 Å². The van der Waals surface area contributed by atoms with Crippen molar-refractivity contribution in [1.82, 2.24) is 0 Å². The zero-order valence-electron chi connectivity index (χ0n) is 8.28. The predicted molar refractivity (Wildman–Crippen MR) is 54.4 cm³/mol. The van der Waals surface area contributed by atoms with E-state index in [1.807, 2.05) is 0 Å². The fourth-order valence-corrected chi connectivity index (χ4v) is 2.76. The highest BCUT2D eigenvalue weighted by Crippen LogP contribution is 2.33. The van der Waals surface area contributed by atoms with Gasteiger partial charge in [0.05, 0.1) is 6.10 Å². The highest BCUT2D eigenvalue weighted by Gasteiger charge is 2.25. The molecule has 0 spiro atoms. The molecule has 74 valence electrons.